The summed E-state index contributed by atoms with van der Waals surface area (Å²) in [6.45, 7) is 3.12. The molecular formula is C14H18N2O2. The Morgan fingerprint density at radius 1 is 1.22 bits per heavy atom. The third-order valence-corrected chi connectivity index (χ3v) is 3.24. The normalized spacial score (nSPS) is 10.9. The highest BCUT2D eigenvalue weighted by Crippen LogP contribution is 2.26. The van der Waals surface area contributed by atoms with Crippen molar-refractivity contribution in [2.24, 2.45) is 0 Å². The molecule has 0 unspecified atom stereocenters. The highest BCUT2D eigenvalue weighted by Gasteiger charge is 2.13. The summed E-state index contributed by atoms with van der Waals surface area (Å²) in [5.74, 6) is 0. The number of nitro benzene ring substituents is 1. The minimum Gasteiger partial charge on any atom is -0.347 e. The molecule has 2 rings (SSSR count). The zero-order valence-corrected chi connectivity index (χ0v) is 10.6. The lowest BCUT2D eigenvalue weighted by Crippen LogP contribution is -1.96. The molecule has 96 valence electrons. The third kappa shape index (κ3) is 2.53. The number of hydrogen-bond donors (Lipinski definition) is 0. The van der Waals surface area contributed by atoms with Gasteiger partial charge in [0.25, 0.3) is 5.69 Å². The number of nitro groups is 1. The van der Waals surface area contributed by atoms with Crippen LogP contribution in [-0.2, 0) is 6.54 Å². The first-order valence-electron chi connectivity index (χ1n) is 6.46. The van der Waals surface area contributed by atoms with Crippen molar-refractivity contribution < 1.29 is 4.92 Å². The van der Waals surface area contributed by atoms with Crippen LogP contribution in [0.3, 0.4) is 0 Å². The summed E-state index contributed by atoms with van der Waals surface area (Å²) in [6.07, 6.45) is 6.76. The topological polar surface area (TPSA) is 48.1 Å². The Bertz CT molecular complexity index is 546. The SMILES string of the molecule is CCCCCCn1ccc2c([N+](=O)[O-])cccc21. The maximum atomic E-state index is 10.9. The van der Waals surface area contributed by atoms with Gasteiger partial charge in [0.1, 0.15) is 0 Å². The summed E-state index contributed by atoms with van der Waals surface area (Å²) in [5.41, 5.74) is 1.15. The molecule has 0 radical (unpaired) electrons. The van der Waals surface area contributed by atoms with Crippen molar-refractivity contribution in [3.05, 3.63) is 40.6 Å². The maximum absolute atomic E-state index is 10.9. The van der Waals surface area contributed by atoms with Crippen LogP contribution in [0.15, 0.2) is 30.5 Å². The molecular weight excluding hydrogens is 228 g/mol. The number of aryl methyl sites for hydroxylation is 1. The lowest BCUT2D eigenvalue weighted by Gasteiger charge is -2.04. The van der Waals surface area contributed by atoms with E-state index >= 15 is 0 Å². The van der Waals surface area contributed by atoms with E-state index in [9.17, 15) is 10.1 Å². The summed E-state index contributed by atoms with van der Waals surface area (Å²) >= 11 is 0. The summed E-state index contributed by atoms with van der Waals surface area (Å²) < 4.78 is 2.11. The molecule has 18 heavy (non-hydrogen) atoms. The van der Waals surface area contributed by atoms with Gasteiger partial charge < -0.3 is 4.57 Å². The zero-order chi connectivity index (χ0) is 13.0. The van der Waals surface area contributed by atoms with Crippen molar-refractivity contribution in [3.8, 4) is 0 Å². The predicted molar refractivity (Wildman–Crippen MR) is 72.7 cm³/mol. The first kappa shape index (κ1) is 12.6. The van der Waals surface area contributed by atoms with Gasteiger partial charge in [-0.05, 0) is 18.6 Å². The van der Waals surface area contributed by atoms with Crippen molar-refractivity contribution in [2.75, 3.05) is 0 Å². The van der Waals surface area contributed by atoms with Crippen molar-refractivity contribution in [1.29, 1.82) is 0 Å². The van der Waals surface area contributed by atoms with Crippen molar-refractivity contribution in [3.63, 3.8) is 0 Å². The molecule has 2 aromatic rings. The molecule has 1 aromatic heterocycles. The largest absolute Gasteiger partial charge is 0.347 e. The van der Waals surface area contributed by atoms with E-state index in [0.717, 1.165) is 23.9 Å². The Balaban J connectivity index is 2.20. The summed E-state index contributed by atoms with van der Waals surface area (Å²) in [6, 6.07) is 7.10. The molecule has 0 aliphatic rings. The zero-order valence-electron chi connectivity index (χ0n) is 10.6. The van der Waals surface area contributed by atoms with Gasteiger partial charge in [-0.2, -0.15) is 0 Å². The van der Waals surface area contributed by atoms with Crippen molar-refractivity contribution in [2.45, 2.75) is 39.2 Å². The van der Waals surface area contributed by atoms with Crippen LogP contribution >= 0.6 is 0 Å². The second-order valence-corrected chi connectivity index (χ2v) is 4.54. The number of rotatable bonds is 6. The molecule has 0 aliphatic heterocycles. The number of hydrogen-bond acceptors (Lipinski definition) is 2. The van der Waals surface area contributed by atoms with Crippen LogP contribution in [0.1, 0.15) is 32.6 Å². The Kier molecular flexibility index (Phi) is 3.97. The van der Waals surface area contributed by atoms with Gasteiger partial charge in [0.15, 0.2) is 0 Å². The number of unbranched alkanes of at least 4 members (excludes halogenated alkanes) is 3. The Hall–Kier alpha value is -1.84. The van der Waals surface area contributed by atoms with Gasteiger partial charge in [-0.15, -0.1) is 0 Å². The van der Waals surface area contributed by atoms with E-state index in [1.807, 2.05) is 18.3 Å². The number of nitrogens with zero attached hydrogens (tertiary/aromatic N) is 2. The van der Waals surface area contributed by atoms with Gasteiger partial charge >= 0.3 is 0 Å². The van der Waals surface area contributed by atoms with Gasteiger partial charge in [-0.1, -0.05) is 32.3 Å². The molecule has 4 nitrogen and oxygen atoms in total. The first-order chi connectivity index (χ1) is 8.74. The second kappa shape index (κ2) is 5.67. The Labute approximate surface area is 106 Å². The van der Waals surface area contributed by atoms with Crippen LogP contribution in [0.25, 0.3) is 10.9 Å². The lowest BCUT2D eigenvalue weighted by atomic mass is 10.2. The molecule has 0 aliphatic carbocycles. The molecule has 4 heteroatoms. The summed E-state index contributed by atoms with van der Waals surface area (Å²) in [5, 5.41) is 11.7. The number of non-ortho nitro benzene ring substituents is 1. The standard InChI is InChI=1S/C14H18N2O2/c1-2-3-4-5-10-15-11-9-12-13(15)7-6-8-14(12)16(17)18/h6-9,11H,2-5,10H2,1H3. The summed E-state index contributed by atoms with van der Waals surface area (Å²) in [7, 11) is 0. The molecule has 1 aromatic carbocycles. The lowest BCUT2D eigenvalue weighted by molar-refractivity contribution is -0.383. The van der Waals surface area contributed by atoms with E-state index in [1.54, 1.807) is 12.1 Å². The highest BCUT2D eigenvalue weighted by atomic mass is 16.6. The molecule has 0 N–H and O–H groups in total. The average Bonchev–Trinajstić information content (AvgIpc) is 2.77. The molecule has 0 saturated carbocycles. The van der Waals surface area contributed by atoms with E-state index < -0.39 is 0 Å². The quantitative estimate of drug-likeness (QED) is 0.437. The van der Waals surface area contributed by atoms with Gasteiger partial charge in [0.05, 0.1) is 15.8 Å². The van der Waals surface area contributed by atoms with Crippen LogP contribution in [-0.4, -0.2) is 9.49 Å². The van der Waals surface area contributed by atoms with Crippen LogP contribution in [0.4, 0.5) is 5.69 Å². The van der Waals surface area contributed by atoms with Crippen LogP contribution in [0.5, 0.6) is 0 Å². The first-order valence-corrected chi connectivity index (χ1v) is 6.46. The minimum atomic E-state index is -0.316. The summed E-state index contributed by atoms with van der Waals surface area (Å²) in [4.78, 5) is 10.6. The molecule has 0 bridgehead atoms. The fourth-order valence-electron chi connectivity index (χ4n) is 2.27. The van der Waals surface area contributed by atoms with Crippen LogP contribution < -0.4 is 0 Å². The molecule has 0 spiro atoms. The molecule has 0 fully saturated rings. The molecule has 0 amide bonds. The smallest absolute Gasteiger partial charge is 0.278 e. The van der Waals surface area contributed by atoms with Gasteiger partial charge in [0, 0.05) is 18.8 Å². The molecule has 1 heterocycles. The fourth-order valence-corrected chi connectivity index (χ4v) is 2.27. The van der Waals surface area contributed by atoms with E-state index in [0.29, 0.717) is 0 Å². The van der Waals surface area contributed by atoms with Crippen molar-refractivity contribution >= 4 is 16.6 Å². The van der Waals surface area contributed by atoms with E-state index in [2.05, 4.69) is 11.5 Å². The minimum absolute atomic E-state index is 0.194. The molecule has 0 atom stereocenters. The Morgan fingerprint density at radius 2 is 2.06 bits per heavy atom. The fraction of sp³-hybridized carbons (Fsp3) is 0.429. The van der Waals surface area contributed by atoms with Crippen LogP contribution in [0, 0.1) is 10.1 Å². The Morgan fingerprint density at radius 3 is 2.78 bits per heavy atom. The van der Waals surface area contributed by atoms with E-state index in [4.69, 9.17) is 0 Å². The van der Waals surface area contributed by atoms with Gasteiger partial charge in [-0.25, -0.2) is 0 Å². The third-order valence-electron chi connectivity index (χ3n) is 3.24. The number of fused-ring (bicyclic) bond motifs is 1. The average molecular weight is 246 g/mol. The molecule has 0 saturated heterocycles. The van der Waals surface area contributed by atoms with Gasteiger partial charge in [-0.3, -0.25) is 10.1 Å². The van der Waals surface area contributed by atoms with Crippen LogP contribution in [0.2, 0.25) is 0 Å². The predicted octanol–water partition coefficient (Wildman–Crippen LogP) is 4.13. The second-order valence-electron chi connectivity index (χ2n) is 4.54. The maximum Gasteiger partial charge on any atom is 0.278 e. The number of benzene rings is 1. The van der Waals surface area contributed by atoms with E-state index in [-0.39, 0.29) is 10.6 Å². The van der Waals surface area contributed by atoms with Gasteiger partial charge in [0.2, 0.25) is 0 Å². The highest BCUT2D eigenvalue weighted by molar-refractivity contribution is 5.89. The monoisotopic (exact) mass is 246 g/mol. The number of aromatic nitrogens is 1. The van der Waals surface area contributed by atoms with E-state index in [1.165, 1.54) is 19.3 Å². The van der Waals surface area contributed by atoms with Crippen molar-refractivity contribution in [1.82, 2.24) is 4.57 Å².